The van der Waals surface area contributed by atoms with Crippen LogP contribution in [-0.2, 0) is 0 Å². The van der Waals surface area contributed by atoms with E-state index in [9.17, 15) is 9.59 Å². The van der Waals surface area contributed by atoms with E-state index in [1.807, 2.05) is 0 Å². The van der Waals surface area contributed by atoms with Gasteiger partial charge in [-0.2, -0.15) is 0 Å². The number of aryl methyl sites for hydroxylation is 1. The van der Waals surface area contributed by atoms with Crippen LogP contribution in [0, 0.1) is 6.92 Å². The molecule has 0 radical (unpaired) electrons. The van der Waals surface area contributed by atoms with Crippen molar-refractivity contribution >= 4 is 28.8 Å². The molecule has 0 aliphatic carbocycles. The highest BCUT2D eigenvalue weighted by Gasteiger charge is 2.29. The number of amides is 1. The molecule has 0 N–H and O–H groups in total. The van der Waals surface area contributed by atoms with Crippen molar-refractivity contribution in [2.24, 2.45) is 0 Å². The first-order chi connectivity index (χ1) is 10.5. The standard InChI is InChI=1S/C15H14ClNO4S/c1-9-6-11(7-14(18)20-9)21-10-4-5-17(8-10)15(19)12-2-3-13(16)22-12/h2-3,6-7,10H,4-5,8H2,1H3/t10-/m0/s1. The molecule has 1 amide bonds. The van der Waals surface area contributed by atoms with Gasteiger partial charge in [0.05, 0.1) is 21.8 Å². The van der Waals surface area contributed by atoms with Crippen LogP contribution in [0.15, 0.2) is 33.5 Å². The first-order valence-electron chi connectivity index (χ1n) is 6.84. The Bertz CT molecular complexity index is 754. The fourth-order valence-electron chi connectivity index (χ4n) is 2.43. The summed E-state index contributed by atoms with van der Waals surface area (Å²) in [6.45, 7) is 2.81. The number of ether oxygens (including phenoxy) is 1. The Morgan fingerprint density at radius 3 is 2.95 bits per heavy atom. The lowest BCUT2D eigenvalue weighted by Crippen LogP contribution is -2.30. The molecule has 0 unspecified atom stereocenters. The Labute approximate surface area is 136 Å². The maximum Gasteiger partial charge on any atom is 0.339 e. The first kappa shape index (κ1) is 15.1. The van der Waals surface area contributed by atoms with Gasteiger partial charge in [0.2, 0.25) is 0 Å². The van der Waals surface area contributed by atoms with Crippen molar-refractivity contribution in [3.63, 3.8) is 0 Å². The minimum absolute atomic E-state index is 0.0354. The molecular formula is C15H14ClNO4S. The molecule has 0 bridgehead atoms. The quantitative estimate of drug-likeness (QED) is 0.862. The molecule has 1 fully saturated rings. The van der Waals surface area contributed by atoms with Gasteiger partial charge in [-0.15, -0.1) is 11.3 Å². The monoisotopic (exact) mass is 339 g/mol. The summed E-state index contributed by atoms with van der Waals surface area (Å²) in [5.74, 6) is 0.945. The Balaban J connectivity index is 1.65. The third-order valence-corrected chi connectivity index (χ3v) is 4.61. The smallest absolute Gasteiger partial charge is 0.339 e. The number of halogens is 1. The molecular weight excluding hydrogens is 326 g/mol. The Kier molecular flexibility index (Phi) is 4.22. The predicted octanol–water partition coefficient (Wildman–Crippen LogP) is 2.96. The van der Waals surface area contributed by atoms with Crippen LogP contribution in [0.25, 0.3) is 0 Å². The topological polar surface area (TPSA) is 59.8 Å². The number of thiophene rings is 1. The van der Waals surface area contributed by atoms with Gasteiger partial charge in [-0.05, 0) is 19.1 Å². The van der Waals surface area contributed by atoms with Crippen molar-refractivity contribution in [2.45, 2.75) is 19.4 Å². The maximum absolute atomic E-state index is 12.3. The SMILES string of the molecule is Cc1cc(O[C@H]2CCN(C(=O)c3ccc(Cl)s3)C2)cc(=O)o1. The van der Waals surface area contributed by atoms with Crippen molar-refractivity contribution in [1.82, 2.24) is 4.90 Å². The molecule has 1 atom stereocenters. The normalized spacial score (nSPS) is 17.7. The first-order valence-corrected chi connectivity index (χ1v) is 8.04. The van der Waals surface area contributed by atoms with Gasteiger partial charge in [-0.1, -0.05) is 11.6 Å². The van der Waals surface area contributed by atoms with Gasteiger partial charge in [0, 0.05) is 19.0 Å². The second-order valence-electron chi connectivity index (χ2n) is 5.11. The summed E-state index contributed by atoms with van der Waals surface area (Å²) < 4.78 is 11.3. The number of rotatable bonds is 3. The summed E-state index contributed by atoms with van der Waals surface area (Å²) in [4.78, 5) is 26.0. The summed E-state index contributed by atoms with van der Waals surface area (Å²) in [7, 11) is 0. The van der Waals surface area contributed by atoms with E-state index in [4.69, 9.17) is 20.8 Å². The molecule has 0 saturated carbocycles. The summed E-state index contributed by atoms with van der Waals surface area (Å²) >= 11 is 7.13. The van der Waals surface area contributed by atoms with Gasteiger partial charge >= 0.3 is 5.63 Å². The van der Waals surface area contributed by atoms with Gasteiger partial charge in [0.15, 0.2) is 0 Å². The van der Waals surface area contributed by atoms with E-state index < -0.39 is 5.63 Å². The van der Waals surface area contributed by atoms with Crippen molar-refractivity contribution < 1.29 is 13.9 Å². The van der Waals surface area contributed by atoms with E-state index in [1.54, 1.807) is 30.0 Å². The van der Waals surface area contributed by atoms with E-state index in [2.05, 4.69) is 0 Å². The van der Waals surface area contributed by atoms with Crippen LogP contribution in [-0.4, -0.2) is 30.0 Å². The highest BCUT2D eigenvalue weighted by molar-refractivity contribution is 7.17. The highest BCUT2D eigenvalue weighted by Crippen LogP contribution is 2.25. The van der Waals surface area contributed by atoms with E-state index in [0.29, 0.717) is 33.8 Å². The molecule has 0 aromatic carbocycles. The van der Waals surface area contributed by atoms with Crippen LogP contribution in [0.4, 0.5) is 0 Å². The summed E-state index contributed by atoms with van der Waals surface area (Å²) in [6.07, 6.45) is 0.602. The van der Waals surface area contributed by atoms with Crippen molar-refractivity contribution in [3.05, 3.63) is 49.7 Å². The predicted molar refractivity (Wildman–Crippen MR) is 84.0 cm³/mol. The average Bonchev–Trinajstić information content (AvgIpc) is 3.06. The number of carbonyl (C=O) groups excluding carboxylic acids is 1. The third-order valence-electron chi connectivity index (χ3n) is 3.39. The number of nitrogens with zero attached hydrogens (tertiary/aromatic N) is 1. The van der Waals surface area contributed by atoms with E-state index in [1.165, 1.54) is 17.4 Å². The van der Waals surface area contributed by atoms with Crippen LogP contribution < -0.4 is 10.4 Å². The summed E-state index contributed by atoms with van der Waals surface area (Å²) in [5.41, 5.74) is -0.436. The molecule has 2 aromatic heterocycles. The zero-order valence-corrected chi connectivity index (χ0v) is 13.4. The van der Waals surface area contributed by atoms with Gasteiger partial charge < -0.3 is 14.1 Å². The highest BCUT2D eigenvalue weighted by atomic mass is 35.5. The molecule has 1 aliphatic heterocycles. The lowest BCUT2D eigenvalue weighted by atomic mass is 10.3. The molecule has 7 heteroatoms. The maximum atomic E-state index is 12.3. The molecule has 3 rings (SSSR count). The van der Waals surface area contributed by atoms with Crippen LogP contribution in [0.3, 0.4) is 0 Å². The number of hydrogen-bond acceptors (Lipinski definition) is 5. The Hall–Kier alpha value is -1.79. The zero-order chi connectivity index (χ0) is 15.7. The van der Waals surface area contributed by atoms with Crippen LogP contribution in [0.1, 0.15) is 21.9 Å². The van der Waals surface area contributed by atoms with Gasteiger partial charge in [-0.25, -0.2) is 4.79 Å². The minimum atomic E-state index is -0.436. The van der Waals surface area contributed by atoms with E-state index in [-0.39, 0.29) is 12.0 Å². The second kappa shape index (κ2) is 6.14. The van der Waals surface area contributed by atoms with Gasteiger partial charge in [0.1, 0.15) is 17.6 Å². The summed E-state index contributed by atoms with van der Waals surface area (Å²) in [6, 6.07) is 6.44. The molecule has 3 heterocycles. The number of hydrogen-bond donors (Lipinski definition) is 0. The Morgan fingerprint density at radius 2 is 2.27 bits per heavy atom. The van der Waals surface area contributed by atoms with Crippen LogP contribution in [0.2, 0.25) is 4.34 Å². The molecule has 5 nitrogen and oxygen atoms in total. The van der Waals surface area contributed by atoms with Crippen molar-refractivity contribution in [2.75, 3.05) is 13.1 Å². The fraction of sp³-hybridized carbons (Fsp3) is 0.333. The number of carbonyl (C=O) groups is 1. The molecule has 1 saturated heterocycles. The van der Waals surface area contributed by atoms with Crippen molar-refractivity contribution in [1.29, 1.82) is 0 Å². The molecule has 22 heavy (non-hydrogen) atoms. The van der Waals surface area contributed by atoms with E-state index >= 15 is 0 Å². The zero-order valence-electron chi connectivity index (χ0n) is 11.9. The molecule has 2 aromatic rings. The van der Waals surface area contributed by atoms with Crippen LogP contribution in [0.5, 0.6) is 5.75 Å². The van der Waals surface area contributed by atoms with Crippen LogP contribution >= 0.6 is 22.9 Å². The lowest BCUT2D eigenvalue weighted by molar-refractivity contribution is 0.0777. The fourth-order valence-corrected chi connectivity index (χ4v) is 3.44. The third kappa shape index (κ3) is 3.34. The van der Waals surface area contributed by atoms with Crippen molar-refractivity contribution in [3.8, 4) is 5.75 Å². The summed E-state index contributed by atoms with van der Waals surface area (Å²) in [5, 5.41) is 0. The van der Waals surface area contributed by atoms with E-state index in [0.717, 1.165) is 6.42 Å². The molecule has 0 spiro atoms. The molecule has 116 valence electrons. The number of likely N-dealkylation sites (tertiary alicyclic amines) is 1. The second-order valence-corrected chi connectivity index (χ2v) is 6.82. The lowest BCUT2D eigenvalue weighted by Gasteiger charge is -2.16. The Morgan fingerprint density at radius 1 is 1.45 bits per heavy atom. The molecule has 1 aliphatic rings. The average molecular weight is 340 g/mol. The van der Waals surface area contributed by atoms with Gasteiger partial charge in [0.25, 0.3) is 5.91 Å². The van der Waals surface area contributed by atoms with Gasteiger partial charge in [-0.3, -0.25) is 4.79 Å². The largest absolute Gasteiger partial charge is 0.488 e. The minimum Gasteiger partial charge on any atom is -0.488 e.